The first kappa shape index (κ1) is 18.8. The molecule has 1 aliphatic rings. The molecule has 3 rings (SSSR count). The molecule has 0 saturated carbocycles. The van der Waals surface area contributed by atoms with Crippen LogP contribution in [0, 0.1) is 5.82 Å². The minimum atomic E-state index is -0.125. The van der Waals surface area contributed by atoms with Crippen LogP contribution in [0.25, 0.3) is 10.9 Å². The fourth-order valence-corrected chi connectivity index (χ4v) is 4.70. The van der Waals surface area contributed by atoms with Gasteiger partial charge in [0.2, 0.25) is 0 Å². The normalized spacial score (nSPS) is 15.9. The molecule has 4 heteroatoms. The van der Waals surface area contributed by atoms with Crippen molar-refractivity contribution < 1.29 is 4.39 Å². The molecule has 1 aliphatic heterocycles. The van der Waals surface area contributed by atoms with Gasteiger partial charge in [0, 0.05) is 54.8 Å². The maximum atomic E-state index is 13.8. The van der Waals surface area contributed by atoms with Crippen molar-refractivity contribution in [1.29, 1.82) is 0 Å². The maximum absolute atomic E-state index is 13.8. The van der Waals surface area contributed by atoms with E-state index in [4.69, 9.17) is 0 Å². The third-order valence-electron chi connectivity index (χ3n) is 5.18. The van der Waals surface area contributed by atoms with Crippen LogP contribution in [0.5, 0.6) is 0 Å². The summed E-state index contributed by atoms with van der Waals surface area (Å²) in [6, 6.07) is 5.28. The molecule has 0 unspecified atom stereocenters. The van der Waals surface area contributed by atoms with Crippen LogP contribution in [0.3, 0.4) is 0 Å². The van der Waals surface area contributed by atoms with Crippen LogP contribution in [-0.2, 0) is 13.1 Å². The van der Waals surface area contributed by atoms with Gasteiger partial charge in [-0.2, -0.15) is 11.8 Å². The number of aryl methyl sites for hydroxylation is 1. The van der Waals surface area contributed by atoms with Crippen LogP contribution in [0.15, 0.2) is 24.4 Å². The fourth-order valence-electron chi connectivity index (χ4n) is 3.72. The van der Waals surface area contributed by atoms with Gasteiger partial charge in [-0.05, 0) is 30.2 Å². The van der Waals surface area contributed by atoms with Gasteiger partial charge in [0.05, 0.1) is 0 Å². The van der Waals surface area contributed by atoms with E-state index in [2.05, 4.69) is 22.6 Å². The number of benzene rings is 1. The molecule has 1 aromatic heterocycles. The minimum absolute atomic E-state index is 0.125. The summed E-state index contributed by atoms with van der Waals surface area (Å²) in [5.41, 5.74) is 2.48. The quantitative estimate of drug-likeness (QED) is 0.530. The SMILES string of the molecule is CCCCCCCCn1cc(CN2CCSCC2)c2cc(F)ccc21. The van der Waals surface area contributed by atoms with Crippen LogP contribution in [0.2, 0.25) is 0 Å². The number of hydrogen-bond acceptors (Lipinski definition) is 2. The molecule has 25 heavy (non-hydrogen) atoms. The predicted octanol–water partition coefficient (Wildman–Crippen LogP) is 5.69. The Labute approximate surface area is 155 Å². The van der Waals surface area contributed by atoms with Crippen molar-refractivity contribution in [1.82, 2.24) is 9.47 Å². The van der Waals surface area contributed by atoms with Crippen molar-refractivity contribution in [3.63, 3.8) is 0 Å². The number of unbranched alkanes of at least 4 members (excludes halogenated alkanes) is 5. The van der Waals surface area contributed by atoms with Crippen molar-refractivity contribution in [3.05, 3.63) is 35.8 Å². The third-order valence-corrected chi connectivity index (χ3v) is 6.12. The molecule has 1 saturated heterocycles. The van der Waals surface area contributed by atoms with E-state index in [0.29, 0.717) is 0 Å². The van der Waals surface area contributed by atoms with Gasteiger partial charge in [-0.25, -0.2) is 4.39 Å². The highest BCUT2D eigenvalue weighted by molar-refractivity contribution is 7.99. The Balaban J connectivity index is 1.67. The summed E-state index contributed by atoms with van der Waals surface area (Å²) in [6.07, 6.45) is 10.1. The topological polar surface area (TPSA) is 8.17 Å². The van der Waals surface area contributed by atoms with Crippen molar-refractivity contribution in [2.75, 3.05) is 24.6 Å². The summed E-state index contributed by atoms with van der Waals surface area (Å²) in [5.74, 6) is 2.30. The Morgan fingerprint density at radius 1 is 1.04 bits per heavy atom. The van der Waals surface area contributed by atoms with E-state index in [-0.39, 0.29) is 5.82 Å². The smallest absolute Gasteiger partial charge is 0.123 e. The third kappa shape index (κ3) is 5.24. The molecular weight excluding hydrogens is 331 g/mol. The molecule has 0 amide bonds. The van der Waals surface area contributed by atoms with Crippen molar-refractivity contribution in [2.45, 2.75) is 58.5 Å². The number of halogens is 1. The van der Waals surface area contributed by atoms with Gasteiger partial charge in [0.25, 0.3) is 0 Å². The van der Waals surface area contributed by atoms with Gasteiger partial charge >= 0.3 is 0 Å². The summed E-state index contributed by atoms with van der Waals surface area (Å²) in [7, 11) is 0. The van der Waals surface area contributed by atoms with Crippen LogP contribution >= 0.6 is 11.8 Å². The Morgan fingerprint density at radius 3 is 2.60 bits per heavy atom. The van der Waals surface area contributed by atoms with Crippen molar-refractivity contribution in [3.8, 4) is 0 Å². The molecule has 0 N–H and O–H groups in total. The van der Waals surface area contributed by atoms with Crippen molar-refractivity contribution in [2.24, 2.45) is 0 Å². The first-order valence-corrected chi connectivity index (χ1v) is 11.0. The second-order valence-electron chi connectivity index (χ2n) is 7.17. The van der Waals surface area contributed by atoms with Gasteiger partial charge in [-0.1, -0.05) is 39.0 Å². The number of rotatable bonds is 9. The fraction of sp³-hybridized carbons (Fsp3) is 0.619. The number of thioether (sulfide) groups is 1. The van der Waals surface area contributed by atoms with Gasteiger partial charge in [0.15, 0.2) is 0 Å². The molecular formula is C21H31FN2S. The molecule has 0 spiro atoms. The molecule has 1 fully saturated rings. The van der Waals surface area contributed by atoms with Crippen LogP contribution in [0.1, 0.15) is 51.0 Å². The molecule has 0 bridgehead atoms. The highest BCUT2D eigenvalue weighted by atomic mass is 32.2. The molecule has 2 aromatic rings. The highest BCUT2D eigenvalue weighted by Gasteiger charge is 2.15. The monoisotopic (exact) mass is 362 g/mol. The predicted molar refractivity (Wildman–Crippen MR) is 108 cm³/mol. The summed E-state index contributed by atoms with van der Waals surface area (Å²) < 4.78 is 16.2. The summed E-state index contributed by atoms with van der Waals surface area (Å²) in [5, 5.41) is 1.10. The van der Waals surface area contributed by atoms with E-state index < -0.39 is 0 Å². The van der Waals surface area contributed by atoms with E-state index >= 15 is 0 Å². The zero-order chi connectivity index (χ0) is 17.5. The number of nitrogens with zero attached hydrogens (tertiary/aromatic N) is 2. The number of hydrogen-bond donors (Lipinski definition) is 0. The maximum Gasteiger partial charge on any atom is 0.123 e. The standard InChI is InChI=1S/C21H31FN2S/c1-2-3-4-5-6-7-10-24-17-18(16-23-11-13-25-14-12-23)20-15-19(22)8-9-21(20)24/h8-9,15,17H,2-7,10-14,16H2,1H3. The van der Waals surface area contributed by atoms with E-state index in [9.17, 15) is 4.39 Å². The molecule has 0 radical (unpaired) electrons. The van der Waals surface area contributed by atoms with Crippen LogP contribution in [0.4, 0.5) is 4.39 Å². The lowest BCUT2D eigenvalue weighted by Gasteiger charge is -2.25. The van der Waals surface area contributed by atoms with Crippen LogP contribution in [-0.4, -0.2) is 34.1 Å². The zero-order valence-corrected chi connectivity index (χ0v) is 16.3. The van der Waals surface area contributed by atoms with E-state index in [0.717, 1.165) is 31.6 Å². The second-order valence-corrected chi connectivity index (χ2v) is 8.39. The second kappa shape index (κ2) is 9.63. The minimum Gasteiger partial charge on any atom is -0.347 e. The highest BCUT2D eigenvalue weighted by Crippen LogP contribution is 2.25. The van der Waals surface area contributed by atoms with E-state index in [1.165, 1.54) is 61.1 Å². The summed E-state index contributed by atoms with van der Waals surface area (Å²) in [6.45, 7) is 6.54. The first-order chi connectivity index (χ1) is 12.3. The molecule has 1 aromatic carbocycles. The van der Waals surface area contributed by atoms with Gasteiger partial charge in [0.1, 0.15) is 5.82 Å². The lowest BCUT2D eigenvalue weighted by Crippen LogP contribution is -2.31. The summed E-state index contributed by atoms with van der Waals surface area (Å²) in [4.78, 5) is 2.51. The Morgan fingerprint density at radius 2 is 1.80 bits per heavy atom. The average Bonchev–Trinajstić information content (AvgIpc) is 2.96. The van der Waals surface area contributed by atoms with E-state index in [1.807, 2.05) is 17.8 Å². The van der Waals surface area contributed by atoms with Crippen molar-refractivity contribution >= 4 is 22.7 Å². The molecule has 2 nitrogen and oxygen atoms in total. The number of fused-ring (bicyclic) bond motifs is 1. The van der Waals surface area contributed by atoms with Gasteiger partial charge in [-0.15, -0.1) is 0 Å². The first-order valence-electron chi connectivity index (χ1n) is 9.85. The molecule has 2 heterocycles. The Kier molecular flexibility index (Phi) is 7.23. The summed E-state index contributed by atoms with van der Waals surface area (Å²) >= 11 is 2.03. The largest absolute Gasteiger partial charge is 0.347 e. The van der Waals surface area contributed by atoms with E-state index in [1.54, 1.807) is 12.1 Å². The van der Waals surface area contributed by atoms with Gasteiger partial charge in [-0.3, -0.25) is 4.90 Å². The van der Waals surface area contributed by atoms with Crippen LogP contribution < -0.4 is 0 Å². The molecule has 0 aliphatic carbocycles. The average molecular weight is 363 g/mol. The lowest BCUT2D eigenvalue weighted by atomic mass is 10.1. The Hall–Kier alpha value is -1.00. The molecule has 0 atom stereocenters. The van der Waals surface area contributed by atoms with Gasteiger partial charge < -0.3 is 4.57 Å². The molecule has 138 valence electrons. The zero-order valence-electron chi connectivity index (χ0n) is 15.5. The Bertz CT molecular complexity index is 661. The number of aromatic nitrogens is 1. The lowest BCUT2D eigenvalue weighted by molar-refractivity contribution is 0.295.